The molecule has 0 aliphatic rings. The number of benzene rings is 3. The van der Waals surface area contributed by atoms with E-state index in [1.165, 1.54) is 0 Å². The van der Waals surface area contributed by atoms with E-state index in [2.05, 4.69) is 20.6 Å². The van der Waals surface area contributed by atoms with E-state index in [1.807, 2.05) is 79.1 Å². The Morgan fingerprint density at radius 1 is 0.973 bits per heavy atom. The third-order valence-electron chi connectivity index (χ3n) is 6.05. The molecule has 2 heterocycles. The van der Waals surface area contributed by atoms with Crippen LogP contribution in [0.15, 0.2) is 97.5 Å². The lowest BCUT2D eigenvalue weighted by atomic mass is 10.0. The molecule has 0 saturated heterocycles. The van der Waals surface area contributed by atoms with E-state index in [1.54, 1.807) is 23.0 Å². The number of fused-ring (bicyclic) bond motifs is 1. The molecule has 5 rings (SSSR count). The summed E-state index contributed by atoms with van der Waals surface area (Å²) in [5.74, 6) is -0.546. The smallest absolute Gasteiger partial charge is 0.252 e. The summed E-state index contributed by atoms with van der Waals surface area (Å²) in [7, 11) is -3.34. The monoisotopic (exact) mass is 511 g/mol. The van der Waals surface area contributed by atoms with Crippen LogP contribution in [0.3, 0.4) is 0 Å². The summed E-state index contributed by atoms with van der Waals surface area (Å²) in [5, 5.41) is 13.6. The highest BCUT2D eigenvalue weighted by atomic mass is 32.2. The molecule has 0 saturated carbocycles. The lowest BCUT2D eigenvalue weighted by Gasteiger charge is -2.19. The predicted molar refractivity (Wildman–Crippen MR) is 143 cm³/mol. The van der Waals surface area contributed by atoms with Gasteiger partial charge in [0.2, 0.25) is 0 Å². The van der Waals surface area contributed by atoms with E-state index in [9.17, 15) is 13.2 Å². The molecule has 37 heavy (non-hydrogen) atoms. The average Bonchev–Trinajstić information content (AvgIpc) is 3.36. The maximum atomic E-state index is 13.3. The zero-order valence-corrected chi connectivity index (χ0v) is 21.0. The highest BCUT2D eigenvalue weighted by Gasteiger charge is 2.22. The standard InChI is InChI=1S/C28H25N5O3S/c1-37(35,36)19-27(20-7-3-2-4-8-20)30-28(34)25-10-6-5-9-24(25)17-33-18-26(31-32-33)22-11-12-23-16-29-14-13-21(23)15-22/h2-16,18,27H,17,19H2,1H3,(H,30,34). The van der Waals surface area contributed by atoms with Crippen molar-refractivity contribution in [1.29, 1.82) is 0 Å². The largest absolute Gasteiger partial charge is 0.344 e. The number of rotatable bonds is 8. The van der Waals surface area contributed by atoms with Crippen molar-refractivity contribution >= 4 is 26.5 Å². The molecule has 0 radical (unpaired) electrons. The maximum absolute atomic E-state index is 13.3. The Bertz CT molecular complexity index is 1670. The van der Waals surface area contributed by atoms with Crippen LogP contribution in [0.2, 0.25) is 0 Å². The normalized spacial score (nSPS) is 12.4. The number of carbonyl (C=O) groups excluding carboxylic acids is 1. The molecule has 1 unspecified atom stereocenters. The van der Waals surface area contributed by atoms with Crippen molar-refractivity contribution in [3.05, 3.63) is 114 Å². The number of aromatic nitrogens is 4. The lowest BCUT2D eigenvalue weighted by molar-refractivity contribution is 0.0939. The van der Waals surface area contributed by atoms with Gasteiger partial charge in [-0.25, -0.2) is 13.1 Å². The van der Waals surface area contributed by atoms with Crippen LogP contribution in [0.5, 0.6) is 0 Å². The van der Waals surface area contributed by atoms with Crippen LogP contribution in [-0.2, 0) is 16.4 Å². The van der Waals surface area contributed by atoms with Gasteiger partial charge in [0.25, 0.3) is 5.91 Å². The van der Waals surface area contributed by atoms with Crippen molar-refractivity contribution < 1.29 is 13.2 Å². The number of nitrogens with zero attached hydrogens (tertiary/aromatic N) is 4. The fourth-order valence-corrected chi connectivity index (χ4v) is 5.13. The molecule has 0 aliphatic heterocycles. The first-order chi connectivity index (χ1) is 17.9. The van der Waals surface area contributed by atoms with Crippen LogP contribution in [0.25, 0.3) is 22.0 Å². The summed E-state index contributed by atoms with van der Waals surface area (Å²) in [6.45, 7) is 0.330. The van der Waals surface area contributed by atoms with Crippen molar-refractivity contribution in [2.24, 2.45) is 0 Å². The molecule has 9 heteroatoms. The first kappa shape index (κ1) is 24.3. The van der Waals surface area contributed by atoms with Crippen molar-refractivity contribution in [2.45, 2.75) is 12.6 Å². The zero-order valence-electron chi connectivity index (χ0n) is 20.2. The van der Waals surface area contributed by atoms with Crippen LogP contribution < -0.4 is 5.32 Å². The predicted octanol–water partition coefficient (Wildman–Crippen LogP) is 4.06. The second kappa shape index (κ2) is 10.3. The van der Waals surface area contributed by atoms with E-state index in [0.29, 0.717) is 12.1 Å². The second-order valence-corrected chi connectivity index (χ2v) is 11.1. The molecule has 2 aromatic heterocycles. The van der Waals surface area contributed by atoms with Crippen molar-refractivity contribution in [3.63, 3.8) is 0 Å². The summed E-state index contributed by atoms with van der Waals surface area (Å²) >= 11 is 0. The van der Waals surface area contributed by atoms with E-state index in [-0.39, 0.29) is 11.7 Å². The number of hydrogen-bond acceptors (Lipinski definition) is 6. The Balaban J connectivity index is 1.37. The van der Waals surface area contributed by atoms with E-state index in [4.69, 9.17) is 0 Å². The Morgan fingerprint density at radius 2 is 1.76 bits per heavy atom. The van der Waals surface area contributed by atoms with Crippen molar-refractivity contribution in [1.82, 2.24) is 25.3 Å². The van der Waals surface area contributed by atoms with Gasteiger partial charge in [0, 0.05) is 35.2 Å². The summed E-state index contributed by atoms with van der Waals surface area (Å²) in [4.78, 5) is 17.5. The minimum Gasteiger partial charge on any atom is -0.344 e. The van der Waals surface area contributed by atoms with Crippen LogP contribution in [0, 0.1) is 0 Å². The quantitative estimate of drug-likeness (QED) is 0.337. The van der Waals surface area contributed by atoms with Crippen LogP contribution in [0.4, 0.5) is 0 Å². The summed E-state index contributed by atoms with van der Waals surface area (Å²) in [5.41, 5.74) is 3.57. The number of pyridine rings is 1. The van der Waals surface area contributed by atoms with Gasteiger partial charge in [-0.2, -0.15) is 0 Å². The van der Waals surface area contributed by atoms with Crippen molar-refractivity contribution in [3.8, 4) is 11.3 Å². The molecule has 5 aromatic rings. The van der Waals surface area contributed by atoms with Gasteiger partial charge in [-0.1, -0.05) is 65.9 Å². The molecule has 8 nitrogen and oxygen atoms in total. The molecule has 186 valence electrons. The Kier molecular flexibility index (Phi) is 6.78. The third-order valence-corrected chi connectivity index (χ3v) is 6.98. The lowest BCUT2D eigenvalue weighted by Crippen LogP contribution is -2.33. The van der Waals surface area contributed by atoms with Crippen LogP contribution in [0.1, 0.15) is 27.5 Å². The molecule has 0 spiro atoms. The molecule has 0 bridgehead atoms. The molecule has 0 fully saturated rings. The fraction of sp³-hybridized carbons (Fsp3) is 0.143. The topological polar surface area (TPSA) is 107 Å². The van der Waals surface area contributed by atoms with Gasteiger partial charge in [-0.15, -0.1) is 5.10 Å². The van der Waals surface area contributed by atoms with Gasteiger partial charge >= 0.3 is 0 Å². The van der Waals surface area contributed by atoms with Crippen LogP contribution in [-0.4, -0.2) is 46.3 Å². The molecule has 3 aromatic carbocycles. The van der Waals surface area contributed by atoms with E-state index in [0.717, 1.165) is 39.4 Å². The van der Waals surface area contributed by atoms with E-state index >= 15 is 0 Å². The van der Waals surface area contributed by atoms with Crippen LogP contribution >= 0.6 is 0 Å². The van der Waals surface area contributed by atoms with E-state index < -0.39 is 15.9 Å². The Morgan fingerprint density at radius 3 is 2.57 bits per heavy atom. The van der Waals surface area contributed by atoms with Crippen molar-refractivity contribution in [2.75, 3.05) is 12.0 Å². The Hall–Kier alpha value is -4.37. The first-order valence-electron chi connectivity index (χ1n) is 11.7. The molecular weight excluding hydrogens is 486 g/mol. The number of sulfone groups is 1. The molecule has 1 atom stereocenters. The number of nitrogens with one attached hydrogen (secondary N) is 1. The summed E-state index contributed by atoms with van der Waals surface area (Å²) in [6, 6.07) is 23.6. The average molecular weight is 512 g/mol. The number of carbonyl (C=O) groups is 1. The highest BCUT2D eigenvalue weighted by Crippen LogP contribution is 2.23. The second-order valence-electron chi connectivity index (χ2n) is 8.93. The molecule has 1 N–H and O–H groups in total. The zero-order chi connectivity index (χ0) is 25.8. The first-order valence-corrected chi connectivity index (χ1v) is 13.8. The highest BCUT2D eigenvalue weighted by molar-refractivity contribution is 7.90. The maximum Gasteiger partial charge on any atom is 0.252 e. The van der Waals surface area contributed by atoms with Gasteiger partial charge in [-0.05, 0) is 34.7 Å². The minimum absolute atomic E-state index is 0.195. The van der Waals surface area contributed by atoms with Gasteiger partial charge in [0.15, 0.2) is 0 Å². The SMILES string of the molecule is CS(=O)(=O)CC(NC(=O)c1ccccc1Cn1cc(-c2ccc3cnccc3c2)nn1)c1ccccc1. The number of amides is 1. The van der Waals surface area contributed by atoms with Gasteiger partial charge < -0.3 is 5.32 Å². The molecular formula is C28H25N5O3S. The van der Waals surface area contributed by atoms with Gasteiger partial charge in [-0.3, -0.25) is 9.78 Å². The minimum atomic E-state index is -3.34. The molecule has 0 aliphatic carbocycles. The number of hydrogen-bond donors (Lipinski definition) is 1. The molecule has 1 amide bonds. The van der Waals surface area contributed by atoms with Gasteiger partial charge in [0.05, 0.1) is 24.5 Å². The Labute approximate surface area is 214 Å². The summed E-state index contributed by atoms with van der Waals surface area (Å²) < 4.78 is 25.8. The fourth-order valence-electron chi connectivity index (χ4n) is 4.25. The summed E-state index contributed by atoms with van der Waals surface area (Å²) in [6.07, 6.45) is 6.57. The van der Waals surface area contributed by atoms with Gasteiger partial charge in [0.1, 0.15) is 15.5 Å². The third kappa shape index (κ3) is 5.90.